The van der Waals surface area contributed by atoms with E-state index in [1.165, 1.54) is 0 Å². The quantitative estimate of drug-likeness (QED) is 0.794. The average Bonchev–Trinajstić information content (AvgIpc) is 2.44. The molecule has 2 atom stereocenters. The molecule has 0 aliphatic rings. The molecule has 1 rings (SSSR count). The Morgan fingerprint density at radius 2 is 2.16 bits per heavy atom. The van der Waals surface area contributed by atoms with E-state index in [2.05, 4.69) is 5.32 Å². The van der Waals surface area contributed by atoms with Gasteiger partial charge in [0.1, 0.15) is 5.75 Å². The van der Waals surface area contributed by atoms with Gasteiger partial charge in [-0.2, -0.15) is 0 Å². The first-order valence-corrected chi connectivity index (χ1v) is 6.73. The molecule has 0 bridgehead atoms. The van der Waals surface area contributed by atoms with Crippen LogP contribution in [0.4, 0.5) is 0 Å². The van der Waals surface area contributed by atoms with Gasteiger partial charge in [0.05, 0.1) is 6.61 Å². The molecule has 4 heteroatoms. The van der Waals surface area contributed by atoms with Crippen molar-refractivity contribution >= 4 is 5.91 Å². The van der Waals surface area contributed by atoms with Crippen LogP contribution in [0, 0.1) is 5.92 Å². The van der Waals surface area contributed by atoms with Crippen LogP contribution in [0.15, 0.2) is 24.3 Å². The molecule has 1 aromatic carbocycles. The Morgan fingerprint density at radius 3 is 2.79 bits per heavy atom. The summed E-state index contributed by atoms with van der Waals surface area (Å²) in [5.41, 5.74) is 0.575. The number of benzene rings is 1. The number of aliphatic hydroxyl groups excluding tert-OH is 1. The first kappa shape index (κ1) is 15.5. The lowest BCUT2D eigenvalue weighted by Crippen LogP contribution is -2.38. The number of rotatable bonds is 7. The molecule has 0 aromatic heterocycles. The van der Waals surface area contributed by atoms with Crippen molar-refractivity contribution in [2.24, 2.45) is 5.92 Å². The Morgan fingerprint density at radius 1 is 1.42 bits per heavy atom. The fourth-order valence-electron chi connectivity index (χ4n) is 1.54. The Bertz CT molecular complexity index is 406. The van der Waals surface area contributed by atoms with Gasteiger partial charge in [-0.3, -0.25) is 4.79 Å². The van der Waals surface area contributed by atoms with Gasteiger partial charge in [-0.05, 0) is 37.5 Å². The molecule has 19 heavy (non-hydrogen) atoms. The van der Waals surface area contributed by atoms with Gasteiger partial charge in [-0.25, -0.2) is 0 Å². The summed E-state index contributed by atoms with van der Waals surface area (Å²) < 4.78 is 5.50. The van der Waals surface area contributed by atoms with Crippen LogP contribution in [0.3, 0.4) is 0 Å². The summed E-state index contributed by atoms with van der Waals surface area (Å²) >= 11 is 0. The maximum atomic E-state index is 12.1. The van der Waals surface area contributed by atoms with Gasteiger partial charge < -0.3 is 15.2 Å². The van der Waals surface area contributed by atoms with Crippen LogP contribution >= 0.6 is 0 Å². The van der Waals surface area contributed by atoms with E-state index >= 15 is 0 Å². The second kappa shape index (κ2) is 7.79. The second-order valence-electron chi connectivity index (χ2n) is 4.80. The molecule has 0 saturated carbocycles. The number of nitrogens with one attached hydrogen (secondary N) is 1. The third kappa shape index (κ3) is 4.91. The second-order valence-corrected chi connectivity index (χ2v) is 4.80. The molecule has 0 saturated heterocycles. The van der Waals surface area contributed by atoms with Crippen LogP contribution in [-0.2, 0) is 0 Å². The van der Waals surface area contributed by atoms with Gasteiger partial charge >= 0.3 is 0 Å². The summed E-state index contributed by atoms with van der Waals surface area (Å²) in [5, 5.41) is 11.9. The number of carbonyl (C=O) groups is 1. The molecule has 0 aliphatic carbocycles. The highest BCUT2D eigenvalue weighted by molar-refractivity contribution is 5.94. The minimum Gasteiger partial charge on any atom is -0.494 e. The number of ether oxygens (including phenoxy) is 1. The zero-order chi connectivity index (χ0) is 14.3. The van der Waals surface area contributed by atoms with Crippen molar-refractivity contribution in [3.05, 3.63) is 29.8 Å². The summed E-state index contributed by atoms with van der Waals surface area (Å²) in [7, 11) is 0. The van der Waals surface area contributed by atoms with Crippen molar-refractivity contribution in [1.29, 1.82) is 0 Å². The Balaban J connectivity index is 2.66. The maximum Gasteiger partial charge on any atom is 0.251 e. The standard InChI is InChI=1S/C15H23NO3/c1-4-8-19-14-7-5-6-13(9-14)15(18)16-12(3)11(2)10-17/h5-7,9,11-12,17H,4,8,10H2,1-3H3,(H,16,18). The summed E-state index contributed by atoms with van der Waals surface area (Å²) in [6, 6.07) is 7.07. The lowest BCUT2D eigenvalue weighted by Gasteiger charge is -2.19. The Hall–Kier alpha value is -1.55. The normalized spacial score (nSPS) is 13.7. The minimum absolute atomic E-state index is 0.0310. The topological polar surface area (TPSA) is 58.6 Å². The largest absolute Gasteiger partial charge is 0.494 e. The van der Waals surface area contributed by atoms with Crippen LogP contribution in [0.1, 0.15) is 37.6 Å². The third-order valence-electron chi connectivity index (χ3n) is 3.07. The smallest absolute Gasteiger partial charge is 0.251 e. The van der Waals surface area contributed by atoms with E-state index in [0.29, 0.717) is 17.9 Å². The molecular formula is C15H23NO3. The fraction of sp³-hybridized carbons (Fsp3) is 0.533. The highest BCUT2D eigenvalue weighted by Crippen LogP contribution is 2.14. The number of aliphatic hydroxyl groups is 1. The molecule has 106 valence electrons. The maximum absolute atomic E-state index is 12.1. The fourth-order valence-corrected chi connectivity index (χ4v) is 1.54. The minimum atomic E-state index is -0.144. The van der Waals surface area contributed by atoms with Gasteiger partial charge in [-0.15, -0.1) is 0 Å². The van der Waals surface area contributed by atoms with Crippen LogP contribution in [-0.4, -0.2) is 30.3 Å². The van der Waals surface area contributed by atoms with Crippen molar-refractivity contribution in [3.63, 3.8) is 0 Å². The molecule has 0 fully saturated rings. The van der Waals surface area contributed by atoms with Crippen LogP contribution < -0.4 is 10.1 Å². The average molecular weight is 265 g/mol. The lowest BCUT2D eigenvalue weighted by molar-refractivity contribution is 0.0916. The summed E-state index contributed by atoms with van der Waals surface area (Å²) in [6.07, 6.45) is 0.932. The Kier molecular flexibility index (Phi) is 6.36. The van der Waals surface area contributed by atoms with Gasteiger partial charge in [0, 0.05) is 18.2 Å². The highest BCUT2D eigenvalue weighted by Gasteiger charge is 2.15. The highest BCUT2D eigenvalue weighted by atomic mass is 16.5. The van der Waals surface area contributed by atoms with Crippen LogP contribution in [0.5, 0.6) is 5.75 Å². The monoisotopic (exact) mass is 265 g/mol. The molecule has 0 spiro atoms. The number of hydrogen-bond donors (Lipinski definition) is 2. The number of carbonyl (C=O) groups excluding carboxylic acids is 1. The van der Waals surface area contributed by atoms with Crippen molar-refractivity contribution in [2.75, 3.05) is 13.2 Å². The SMILES string of the molecule is CCCOc1cccc(C(=O)NC(C)C(C)CO)c1. The molecule has 1 amide bonds. The third-order valence-corrected chi connectivity index (χ3v) is 3.07. The van der Waals surface area contributed by atoms with Gasteiger partial charge in [-0.1, -0.05) is 19.9 Å². The molecule has 0 aliphatic heterocycles. The van der Waals surface area contributed by atoms with E-state index in [9.17, 15) is 4.79 Å². The predicted octanol–water partition coefficient (Wildman–Crippen LogP) is 2.22. The summed E-state index contributed by atoms with van der Waals surface area (Å²) in [6.45, 7) is 6.51. The summed E-state index contributed by atoms with van der Waals surface area (Å²) in [5.74, 6) is 0.593. The zero-order valence-corrected chi connectivity index (χ0v) is 11.8. The van der Waals surface area contributed by atoms with Crippen molar-refractivity contribution in [1.82, 2.24) is 5.32 Å². The van der Waals surface area contributed by atoms with E-state index in [1.807, 2.05) is 26.8 Å². The van der Waals surface area contributed by atoms with E-state index < -0.39 is 0 Å². The Labute approximate surface area is 114 Å². The van der Waals surface area contributed by atoms with Gasteiger partial charge in [0.15, 0.2) is 0 Å². The number of amides is 1. The molecule has 2 N–H and O–H groups in total. The molecule has 0 radical (unpaired) electrons. The molecule has 1 aromatic rings. The van der Waals surface area contributed by atoms with Gasteiger partial charge in [0.2, 0.25) is 0 Å². The van der Waals surface area contributed by atoms with Gasteiger partial charge in [0.25, 0.3) is 5.91 Å². The van der Waals surface area contributed by atoms with Crippen molar-refractivity contribution in [3.8, 4) is 5.75 Å². The van der Waals surface area contributed by atoms with E-state index in [1.54, 1.807) is 18.2 Å². The first-order valence-electron chi connectivity index (χ1n) is 6.73. The van der Waals surface area contributed by atoms with Crippen LogP contribution in [0.25, 0.3) is 0 Å². The zero-order valence-electron chi connectivity index (χ0n) is 11.8. The predicted molar refractivity (Wildman–Crippen MR) is 75.4 cm³/mol. The molecule has 2 unspecified atom stereocenters. The number of hydrogen-bond acceptors (Lipinski definition) is 3. The van der Waals surface area contributed by atoms with Crippen molar-refractivity contribution in [2.45, 2.75) is 33.2 Å². The molecule has 4 nitrogen and oxygen atoms in total. The van der Waals surface area contributed by atoms with Crippen molar-refractivity contribution < 1.29 is 14.6 Å². The van der Waals surface area contributed by atoms with E-state index in [0.717, 1.165) is 6.42 Å². The summed E-state index contributed by atoms with van der Waals surface area (Å²) in [4.78, 5) is 12.1. The molecular weight excluding hydrogens is 242 g/mol. The first-order chi connectivity index (χ1) is 9.08. The van der Waals surface area contributed by atoms with Crippen LogP contribution in [0.2, 0.25) is 0 Å². The lowest BCUT2D eigenvalue weighted by atomic mass is 10.0. The van der Waals surface area contributed by atoms with E-state index in [-0.39, 0.29) is 24.5 Å². The molecule has 0 heterocycles. The van der Waals surface area contributed by atoms with E-state index in [4.69, 9.17) is 9.84 Å².